The standard InChI is InChI=1S/C19H24N4O/c1-22-17-5-3-2-4-16(17)18(21-22)19(24)20-13-10-14-8-12-6-7-23(14)15(9-12)11-13/h2-5,12-15H,6-11H2,1H3,(H,20,24)/t12-,13?,14+,15?/m0/s1. The first kappa shape index (κ1) is 14.5. The predicted molar refractivity (Wildman–Crippen MR) is 92.8 cm³/mol. The first-order valence-corrected chi connectivity index (χ1v) is 9.17. The van der Waals surface area contributed by atoms with E-state index in [0.29, 0.717) is 23.8 Å². The number of hydrogen-bond acceptors (Lipinski definition) is 3. The molecule has 126 valence electrons. The molecule has 1 aromatic carbocycles. The van der Waals surface area contributed by atoms with Gasteiger partial charge in [0.25, 0.3) is 5.91 Å². The molecule has 2 aromatic rings. The van der Waals surface area contributed by atoms with E-state index in [1.165, 1.54) is 25.8 Å². The van der Waals surface area contributed by atoms with E-state index >= 15 is 0 Å². The van der Waals surface area contributed by atoms with E-state index in [1.54, 1.807) is 4.68 Å². The largest absolute Gasteiger partial charge is 0.348 e. The van der Waals surface area contributed by atoms with E-state index in [9.17, 15) is 4.79 Å². The van der Waals surface area contributed by atoms with Crippen LogP contribution in [0.5, 0.6) is 0 Å². The second-order valence-electron chi connectivity index (χ2n) is 7.80. The van der Waals surface area contributed by atoms with Gasteiger partial charge in [0.1, 0.15) is 0 Å². The van der Waals surface area contributed by atoms with Crippen LogP contribution >= 0.6 is 0 Å². The lowest BCUT2D eigenvalue weighted by Crippen LogP contribution is -2.61. The Morgan fingerprint density at radius 3 is 2.67 bits per heavy atom. The van der Waals surface area contributed by atoms with Gasteiger partial charge in [0.05, 0.1) is 5.52 Å². The van der Waals surface area contributed by atoms with Gasteiger partial charge in [-0.2, -0.15) is 5.10 Å². The number of piperidine rings is 4. The number of amides is 1. The first-order chi connectivity index (χ1) is 11.7. The number of benzene rings is 1. The Morgan fingerprint density at radius 2 is 1.92 bits per heavy atom. The summed E-state index contributed by atoms with van der Waals surface area (Å²) in [6, 6.07) is 9.60. The fourth-order valence-corrected chi connectivity index (χ4v) is 5.34. The molecule has 6 rings (SSSR count). The van der Waals surface area contributed by atoms with E-state index in [4.69, 9.17) is 0 Å². The molecule has 5 heterocycles. The van der Waals surface area contributed by atoms with Crippen molar-refractivity contribution in [1.29, 1.82) is 0 Å². The Bertz CT molecular complexity index is 782. The zero-order valence-corrected chi connectivity index (χ0v) is 14.1. The van der Waals surface area contributed by atoms with Crippen LogP contribution in [0.25, 0.3) is 10.9 Å². The van der Waals surface area contributed by atoms with Crippen molar-refractivity contribution in [2.24, 2.45) is 13.0 Å². The molecule has 0 saturated carbocycles. The number of hydrogen-bond donors (Lipinski definition) is 1. The fourth-order valence-electron chi connectivity index (χ4n) is 5.34. The van der Waals surface area contributed by atoms with E-state index in [0.717, 1.165) is 29.7 Å². The summed E-state index contributed by atoms with van der Waals surface area (Å²) in [5.74, 6) is 0.915. The molecule has 4 bridgehead atoms. The Balaban J connectivity index is 1.35. The average molecular weight is 324 g/mol. The third kappa shape index (κ3) is 2.18. The van der Waals surface area contributed by atoms with Gasteiger partial charge in [0.2, 0.25) is 0 Å². The summed E-state index contributed by atoms with van der Waals surface area (Å²) in [5.41, 5.74) is 1.57. The topological polar surface area (TPSA) is 50.2 Å². The van der Waals surface area contributed by atoms with E-state index in [2.05, 4.69) is 15.3 Å². The smallest absolute Gasteiger partial charge is 0.272 e. The number of nitrogens with one attached hydrogen (secondary N) is 1. The summed E-state index contributed by atoms with van der Waals surface area (Å²) < 4.78 is 1.80. The summed E-state index contributed by atoms with van der Waals surface area (Å²) in [6.07, 6.45) is 6.24. The Morgan fingerprint density at radius 1 is 1.17 bits per heavy atom. The molecule has 0 radical (unpaired) electrons. The molecule has 4 aliphatic rings. The number of rotatable bonds is 2. The third-order valence-corrected chi connectivity index (χ3v) is 6.37. The van der Waals surface area contributed by atoms with Crippen molar-refractivity contribution in [2.45, 2.75) is 50.2 Å². The monoisotopic (exact) mass is 324 g/mol. The highest BCUT2D eigenvalue weighted by atomic mass is 16.2. The van der Waals surface area contributed by atoms with Crippen molar-refractivity contribution in [1.82, 2.24) is 20.0 Å². The third-order valence-electron chi connectivity index (χ3n) is 6.37. The number of para-hydroxylation sites is 1. The average Bonchev–Trinajstić information content (AvgIpc) is 2.92. The molecule has 4 aliphatic heterocycles. The van der Waals surface area contributed by atoms with Crippen molar-refractivity contribution >= 4 is 16.8 Å². The minimum absolute atomic E-state index is 0.0167. The maximum Gasteiger partial charge on any atom is 0.272 e. The number of nitrogens with zero attached hydrogens (tertiary/aromatic N) is 3. The summed E-state index contributed by atoms with van der Waals surface area (Å²) >= 11 is 0. The molecule has 3 unspecified atom stereocenters. The molecule has 4 saturated heterocycles. The lowest BCUT2D eigenvalue weighted by atomic mass is 9.72. The molecule has 24 heavy (non-hydrogen) atoms. The van der Waals surface area contributed by atoms with E-state index < -0.39 is 0 Å². The highest BCUT2D eigenvalue weighted by Crippen LogP contribution is 2.42. The van der Waals surface area contributed by atoms with Crippen LogP contribution < -0.4 is 5.32 Å². The molecular weight excluding hydrogens is 300 g/mol. The van der Waals surface area contributed by atoms with Crippen LogP contribution in [-0.2, 0) is 7.05 Å². The molecule has 5 nitrogen and oxygen atoms in total. The Labute approximate surface area is 142 Å². The number of carbonyl (C=O) groups is 1. The lowest BCUT2D eigenvalue weighted by molar-refractivity contribution is -0.0432. The minimum Gasteiger partial charge on any atom is -0.348 e. The SMILES string of the molecule is Cn1nc(C(=O)NC2CC3C[C@H]4CCN3[C@@H](C2)C4)c2ccccc21. The summed E-state index contributed by atoms with van der Waals surface area (Å²) in [5, 5.41) is 8.69. The van der Waals surface area contributed by atoms with Gasteiger partial charge in [-0.05, 0) is 50.6 Å². The molecule has 4 fully saturated rings. The van der Waals surface area contributed by atoms with Gasteiger partial charge in [0, 0.05) is 30.6 Å². The highest BCUT2D eigenvalue weighted by Gasteiger charge is 2.45. The second-order valence-corrected chi connectivity index (χ2v) is 7.80. The fraction of sp³-hybridized carbons (Fsp3) is 0.579. The summed E-state index contributed by atoms with van der Waals surface area (Å²) in [7, 11) is 1.90. The van der Waals surface area contributed by atoms with Gasteiger partial charge < -0.3 is 5.32 Å². The van der Waals surface area contributed by atoms with E-state index in [1.807, 2.05) is 31.3 Å². The number of aryl methyl sites for hydroxylation is 1. The summed E-state index contributed by atoms with van der Waals surface area (Å²) in [6.45, 7) is 1.27. The zero-order chi connectivity index (χ0) is 16.3. The summed E-state index contributed by atoms with van der Waals surface area (Å²) in [4.78, 5) is 15.5. The van der Waals surface area contributed by atoms with Gasteiger partial charge in [-0.3, -0.25) is 14.4 Å². The van der Waals surface area contributed by atoms with Crippen LogP contribution in [0.3, 0.4) is 0 Å². The molecule has 1 amide bonds. The van der Waals surface area contributed by atoms with Gasteiger partial charge in [-0.25, -0.2) is 0 Å². The van der Waals surface area contributed by atoms with Crippen LogP contribution in [0.4, 0.5) is 0 Å². The Hall–Kier alpha value is -1.88. The molecule has 0 aliphatic carbocycles. The van der Waals surface area contributed by atoms with Gasteiger partial charge in [-0.15, -0.1) is 0 Å². The van der Waals surface area contributed by atoms with Crippen LogP contribution in [0.2, 0.25) is 0 Å². The molecule has 1 N–H and O–H groups in total. The van der Waals surface area contributed by atoms with Gasteiger partial charge >= 0.3 is 0 Å². The number of carbonyl (C=O) groups excluding carboxylic acids is 1. The molecule has 1 aromatic heterocycles. The van der Waals surface area contributed by atoms with E-state index in [-0.39, 0.29) is 5.91 Å². The molecule has 0 spiro atoms. The van der Waals surface area contributed by atoms with Crippen LogP contribution in [-0.4, -0.2) is 45.3 Å². The minimum atomic E-state index is -0.0167. The molecule has 5 atom stereocenters. The number of aromatic nitrogens is 2. The maximum atomic E-state index is 12.8. The Kier molecular flexibility index (Phi) is 3.20. The second kappa shape index (κ2) is 5.31. The lowest BCUT2D eigenvalue weighted by Gasteiger charge is -2.55. The van der Waals surface area contributed by atoms with Crippen molar-refractivity contribution in [3.63, 3.8) is 0 Å². The maximum absolute atomic E-state index is 12.8. The van der Waals surface area contributed by atoms with Crippen LogP contribution in [0.1, 0.15) is 42.6 Å². The van der Waals surface area contributed by atoms with Gasteiger partial charge in [0.15, 0.2) is 5.69 Å². The molecular formula is C19H24N4O. The molecule has 5 heteroatoms. The van der Waals surface area contributed by atoms with Crippen LogP contribution in [0, 0.1) is 5.92 Å². The van der Waals surface area contributed by atoms with Crippen molar-refractivity contribution < 1.29 is 4.79 Å². The quantitative estimate of drug-likeness (QED) is 0.922. The van der Waals surface area contributed by atoms with Crippen LogP contribution in [0.15, 0.2) is 24.3 Å². The van der Waals surface area contributed by atoms with Crippen molar-refractivity contribution in [2.75, 3.05) is 6.54 Å². The predicted octanol–water partition coefficient (Wildman–Crippen LogP) is 2.32. The first-order valence-electron chi connectivity index (χ1n) is 9.17. The van der Waals surface area contributed by atoms with Crippen molar-refractivity contribution in [3.8, 4) is 0 Å². The normalized spacial score (nSPS) is 34.5. The van der Waals surface area contributed by atoms with Gasteiger partial charge in [-0.1, -0.05) is 18.2 Å². The van der Waals surface area contributed by atoms with Crippen molar-refractivity contribution in [3.05, 3.63) is 30.0 Å². The number of fused-ring (bicyclic) bond motifs is 2. The highest BCUT2D eigenvalue weighted by molar-refractivity contribution is 6.04. The zero-order valence-electron chi connectivity index (χ0n) is 14.1.